The van der Waals surface area contributed by atoms with E-state index in [2.05, 4.69) is 29.6 Å². The van der Waals surface area contributed by atoms with Crippen LogP contribution in [0.4, 0.5) is 0 Å². The Kier molecular flexibility index (Phi) is 5.45. The van der Waals surface area contributed by atoms with E-state index in [9.17, 15) is 19.2 Å². The maximum atomic E-state index is 13.5. The van der Waals surface area contributed by atoms with Gasteiger partial charge in [-0.25, -0.2) is 4.52 Å². The molecule has 34 heavy (non-hydrogen) atoms. The van der Waals surface area contributed by atoms with Gasteiger partial charge in [0.2, 0.25) is 11.7 Å². The molecule has 3 aliphatic rings. The van der Waals surface area contributed by atoms with Gasteiger partial charge >= 0.3 is 0 Å². The minimum absolute atomic E-state index is 0.00569. The Morgan fingerprint density at radius 3 is 2.65 bits per heavy atom. The Labute approximate surface area is 198 Å². The molecular weight excluding hydrogens is 434 g/mol. The van der Waals surface area contributed by atoms with Crippen LogP contribution in [0.25, 0.3) is 5.52 Å². The molecule has 0 radical (unpaired) electrons. The molecule has 5 rings (SSSR count). The first kappa shape index (κ1) is 22.6. The number of amides is 3. The lowest BCUT2D eigenvalue weighted by Gasteiger charge is -2.30. The van der Waals surface area contributed by atoms with E-state index in [0.29, 0.717) is 19.4 Å². The van der Waals surface area contributed by atoms with Gasteiger partial charge in [0.15, 0.2) is 5.69 Å². The summed E-state index contributed by atoms with van der Waals surface area (Å²) in [6.45, 7) is 6.58. The van der Waals surface area contributed by atoms with Gasteiger partial charge in [-0.2, -0.15) is 5.10 Å². The van der Waals surface area contributed by atoms with E-state index in [4.69, 9.17) is 0 Å². The molecule has 9 heteroatoms. The van der Waals surface area contributed by atoms with E-state index >= 15 is 0 Å². The fourth-order valence-electron chi connectivity index (χ4n) is 5.44. The van der Waals surface area contributed by atoms with Crippen LogP contribution in [0.3, 0.4) is 0 Å². The lowest BCUT2D eigenvalue weighted by atomic mass is 9.99. The van der Waals surface area contributed by atoms with Crippen molar-refractivity contribution >= 4 is 29.0 Å². The van der Waals surface area contributed by atoms with Crippen LogP contribution in [-0.2, 0) is 14.4 Å². The summed E-state index contributed by atoms with van der Waals surface area (Å²) in [5.74, 6) is -1.72. The van der Waals surface area contributed by atoms with Crippen LogP contribution in [0.2, 0.25) is 0 Å². The fourth-order valence-corrected chi connectivity index (χ4v) is 5.44. The first-order valence-electron chi connectivity index (χ1n) is 12.1. The van der Waals surface area contributed by atoms with Gasteiger partial charge < -0.3 is 15.5 Å². The maximum absolute atomic E-state index is 13.5. The smallest absolute Gasteiger partial charge is 0.289 e. The number of hydrogen-bond acceptors (Lipinski definition) is 5. The SMILES string of the molecule is CCC[C@H](NC(=O)[C@@H]1C2[C@H](CN1C(=O)c1cc3ccccn3n1)C2(C)C)C(=O)C(=O)NC1CC1. The van der Waals surface area contributed by atoms with Crippen molar-refractivity contribution in [2.24, 2.45) is 17.3 Å². The molecule has 2 aromatic rings. The number of fused-ring (bicyclic) bond motifs is 2. The summed E-state index contributed by atoms with van der Waals surface area (Å²) in [4.78, 5) is 53.7. The molecule has 1 unspecified atom stereocenters. The zero-order valence-corrected chi connectivity index (χ0v) is 19.8. The average Bonchev–Trinajstić information content (AvgIpc) is 3.56. The molecule has 3 heterocycles. The molecule has 0 spiro atoms. The third-order valence-corrected chi connectivity index (χ3v) is 7.67. The minimum Gasteiger partial charge on any atom is -0.347 e. The monoisotopic (exact) mass is 465 g/mol. The van der Waals surface area contributed by atoms with Crippen molar-refractivity contribution in [3.63, 3.8) is 0 Å². The Balaban J connectivity index is 1.36. The summed E-state index contributed by atoms with van der Waals surface area (Å²) >= 11 is 0. The van der Waals surface area contributed by atoms with E-state index < -0.39 is 23.8 Å². The largest absolute Gasteiger partial charge is 0.347 e. The zero-order chi connectivity index (χ0) is 24.2. The van der Waals surface area contributed by atoms with Crippen LogP contribution in [0, 0.1) is 17.3 Å². The average molecular weight is 466 g/mol. The van der Waals surface area contributed by atoms with Gasteiger partial charge in [-0.3, -0.25) is 19.2 Å². The first-order valence-corrected chi connectivity index (χ1v) is 12.1. The number of carbonyl (C=O) groups excluding carboxylic acids is 4. The third-order valence-electron chi connectivity index (χ3n) is 7.67. The summed E-state index contributed by atoms with van der Waals surface area (Å²) in [7, 11) is 0. The number of piperidine rings is 1. The highest BCUT2D eigenvalue weighted by Crippen LogP contribution is 2.65. The quantitative estimate of drug-likeness (QED) is 0.575. The number of hydrogen-bond donors (Lipinski definition) is 2. The molecule has 2 saturated carbocycles. The molecule has 3 amide bonds. The minimum atomic E-state index is -0.899. The summed E-state index contributed by atoms with van der Waals surface area (Å²) in [6, 6.07) is 5.77. The summed E-state index contributed by atoms with van der Waals surface area (Å²) in [6.07, 6.45) is 4.54. The zero-order valence-electron chi connectivity index (χ0n) is 19.8. The van der Waals surface area contributed by atoms with Gasteiger partial charge in [0, 0.05) is 18.8 Å². The van der Waals surface area contributed by atoms with Crippen molar-refractivity contribution in [3.05, 3.63) is 36.2 Å². The number of aromatic nitrogens is 2. The molecule has 180 valence electrons. The lowest BCUT2D eigenvalue weighted by molar-refractivity contribution is -0.140. The van der Waals surface area contributed by atoms with Gasteiger partial charge in [0.05, 0.1) is 11.6 Å². The number of nitrogens with zero attached hydrogens (tertiary/aromatic N) is 3. The van der Waals surface area contributed by atoms with Gasteiger partial charge in [0.1, 0.15) is 6.04 Å². The molecule has 0 aromatic carbocycles. The van der Waals surface area contributed by atoms with Gasteiger partial charge in [-0.15, -0.1) is 0 Å². The highest BCUT2D eigenvalue weighted by molar-refractivity contribution is 6.38. The van der Waals surface area contributed by atoms with Crippen molar-refractivity contribution in [1.82, 2.24) is 25.1 Å². The summed E-state index contributed by atoms with van der Waals surface area (Å²) in [5.41, 5.74) is 1.02. The van der Waals surface area contributed by atoms with Crippen LogP contribution < -0.4 is 10.6 Å². The van der Waals surface area contributed by atoms with E-state index in [1.54, 1.807) is 21.7 Å². The van der Waals surface area contributed by atoms with Gasteiger partial charge in [-0.05, 0) is 54.7 Å². The van der Waals surface area contributed by atoms with Gasteiger partial charge in [0.25, 0.3) is 11.8 Å². The van der Waals surface area contributed by atoms with Crippen molar-refractivity contribution in [3.8, 4) is 0 Å². The van der Waals surface area contributed by atoms with Gasteiger partial charge in [-0.1, -0.05) is 33.3 Å². The number of pyridine rings is 1. The highest BCUT2D eigenvalue weighted by atomic mass is 16.2. The molecule has 9 nitrogen and oxygen atoms in total. The molecule has 3 fully saturated rings. The third kappa shape index (κ3) is 3.86. The maximum Gasteiger partial charge on any atom is 0.289 e. The van der Waals surface area contributed by atoms with Crippen molar-refractivity contribution in [2.75, 3.05) is 6.54 Å². The number of carbonyl (C=O) groups is 4. The first-order chi connectivity index (χ1) is 16.2. The van der Waals surface area contributed by atoms with Crippen molar-refractivity contribution in [1.29, 1.82) is 0 Å². The Morgan fingerprint density at radius 1 is 1.21 bits per heavy atom. The van der Waals surface area contributed by atoms with E-state index in [1.165, 1.54) is 0 Å². The Bertz CT molecular complexity index is 1130. The number of rotatable bonds is 8. The van der Waals surface area contributed by atoms with Crippen molar-refractivity contribution < 1.29 is 19.2 Å². The standard InChI is InChI=1S/C25H31N5O4/c1-4-7-17(21(31)23(33)26-14-9-10-14)27-22(32)20-19-16(25(19,2)3)13-29(20)24(34)18-12-15-8-5-6-11-30(15)28-18/h5-6,8,11-12,14,16-17,19-20H,4,7,9-10,13H2,1-3H3,(H,26,33)(H,27,32)/t16-,17-,19?,20-/m0/s1. The Hall–Kier alpha value is -3.23. The molecule has 0 bridgehead atoms. The van der Waals surface area contributed by atoms with Crippen molar-refractivity contribution in [2.45, 2.75) is 64.6 Å². The second-order valence-corrected chi connectivity index (χ2v) is 10.4. The predicted molar refractivity (Wildman–Crippen MR) is 124 cm³/mol. The predicted octanol–water partition coefficient (Wildman–Crippen LogP) is 1.56. The summed E-state index contributed by atoms with van der Waals surface area (Å²) < 4.78 is 1.64. The van der Waals surface area contributed by atoms with Crippen LogP contribution in [0.1, 0.15) is 56.9 Å². The fraction of sp³-hybridized carbons (Fsp3) is 0.560. The molecule has 2 aliphatic carbocycles. The van der Waals surface area contributed by atoms with Crippen LogP contribution >= 0.6 is 0 Å². The normalized spacial score (nSPS) is 25.5. The molecule has 1 saturated heterocycles. The Morgan fingerprint density at radius 2 is 1.97 bits per heavy atom. The number of likely N-dealkylation sites (tertiary alicyclic amines) is 1. The second-order valence-electron chi connectivity index (χ2n) is 10.4. The molecule has 4 atom stereocenters. The highest BCUT2D eigenvalue weighted by Gasteiger charge is 2.69. The topological polar surface area (TPSA) is 113 Å². The van der Waals surface area contributed by atoms with Crippen LogP contribution in [-0.4, -0.2) is 62.7 Å². The van der Waals surface area contributed by atoms with E-state index in [1.807, 2.05) is 25.1 Å². The summed E-state index contributed by atoms with van der Waals surface area (Å²) in [5, 5.41) is 9.92. The molecule has 2 aromatic heterocycles. The van der Waals surface area contributed by atoms with E-state index in [-0.39, 0.29) is 40.8 Å². The van der Waals surface area contributed by atoms with Crippen LogP contribution in [0.5, 0.6) is 0 Å². The number of ketones is 1. The van der Waals surface area contributed by atoms with Crippen LogP contribution in [0.15, 0.2) is 30.5 Å². The van der Waals surface area contributed by atoms with E-state index in [0.717, 1.165) is 18.4 Å². The molecule has 1 aliphatic heterocycles. The number of nitrogens with one attached hydrogen (secondary N) is 2. The molecule has 2 N–H and O–H groups in total. The lowest BCUT2D eigenvalue weighted by Crippen LogP contribution is -2.55. The molecular formula is C25H31N5O4. The number of Topliss-reactive ketones (excluding diaryl/α,β-unsaturated/α-hetero) is 1. The second kappa shape index (κ2) is 8.21.